The maximum atomic E-state index is 12.6. The predicted molar refractivity (Wildman–Crippen MR) is 82.6 cm³/mol. The van der Waals surface area contributed by atoms with E-state index < -0.39 is 0 Å². The number of hydrogen-bond donors (Lipinski definition) is 0. The lowest BCUT2D eigenvalue weighted by Crippen LogP contribution is -2.51. The van der Waals surface area contributed by atoms with Crippen LogP contribution in [0.25, 0.3) is 10.8 Å². The molecule has 4 rings (SSSR count). The van der Waals surface area contributed by atoms with Gasteiger partial charge in [-0.1, -0.05) is 0 Å². The Morgan fingerprint density at radius 2 is 2.41 bits per heavy atom. The van der Waals surface area contributed by atoms with E-state index in [0.717, 1.165) is 35.7 Å². The van der Waals surface area contributed by atoms with Crippen molar-refractivity contribution < 1.29 is 13.9 Å². The number of carbonyl (C=O) groups is 1. The number of carbonyl (C=O) groups excluding carboxylic acids is 1. The molecule has 2 atom stereocenters. The molecule has 6 heteroatoms. The van der Waals surface area contributed by atoms with Crippen molar-refractivity contribution in [2.45, 2.75) is 37.8 Å². The summed E-state index contributed by atoms with van der Waals surface area (Å²) in [5.74, 6) is 0.919. The lowest BCUT2D eigenvalue weighted by molar-refractivity contribution is -0.143. The zero-order chi connectivity index (χ0) is 14.9. The first-order valence-corrected chi connectivity index (χ1v) is 8.58. The zero-order valence-electron chi connectivity index (χ0n) is 12.2. The summed E-state index contributed by atoms with van der Waals surface area (Å²) < 4.78 is 11.1. The molecule has 0 bridgehead atoms. The fourth-order valence-corrected chi connectivity index (χ4v) is 4.18. The molecule has 1 saturated carbocycles. The van der Waals surface area contributed by atoms with Gasteiger partial charge in [0.15, 0.2) is 10.8 Å². The second kappa shape index (κ2) is 5.85. The molecule has 0 spiro atoms. The highest BCUT2D eigenvalue weighted by Crippen LogP contribution is 2.30. The van der Waals surface area contributed by atoms with Crippen LogP contribution in [0, 0.1) is 0 Å². The SMILES string of the molecule is O=C(Cc1csc(-c2ccco2)n1)N1CCOC2CCCC21. The summed E-state index contributed by atoms with van der Waals surface area (Å²) in [6.07, 6.45) is 5.53. The Bertz CT molecular complexity index is 652. The van der Waals surface area contributed by atoms with Gasteiger partial charge in [-0.2, -0.15) is 0 Å². The number of morpholine rings is 1. The molecule has 0 aromatic carbocycles. The van der Waals surface area contributed by atoms with Crippen molar-refractivity contribution in [3.8, 4) is 10.8 Å². The third kappa shape index (κ3) is 2.57. The van der Waals surface area contributed by atoms with E-state index in [4.69, 9.17) is 9.15 Å². The van der Waals surface area contributed by atoms with Gasteiger partial charge < -0.3 is 14.1 Å². The molecule has 2 aromatic heterocycles. The second-order valence-corrected chi connectivity index (χ2v) is 6.65. The Morgan fingerprint density at radius 3 is 3.27 bits per heavy atom. The van der Waals surface area contributed by atoms with Crippen molar-refractivity contribution in [1.82, 2.24) is 9.88 Å². The lowest BCUT2D eigenvalue weighted by atomic mass is 10.1. The molecular weight excluding hydrogens is 300 g/mol. The third-order valence-corrected chi connectivity index (χ3v) is 5.32. The molecule has 1 aliphatic carbocycles. The van der Waals surface area contributed by atoms with Gasteiger partial charge in [-0.15, -0.1) is 11.3 Å². The third-order valence-electron chi connectivity index (χ3n) is 4.42. The van der Waals surface area contributed by atoms with Crippen LogP contribution >= 0.6 is 11.3 Å². The zero-order valence-corrected chi connectivity index (χ0v) is 13.1. The Hall–Kier alpha value is -1.66. The fraction of sp³-hybridized carbons (Fsp3) is 0.500. The largest absolute Gasteiger partial charge is 0.462 e. The van der Waals surface area contributed by atoms with Gasteiger partial charge in [-0.3, -0.25) is 4.79 Å². The molecule has 2 fully saturated rings. The highest BCUT2D eigenvalue weighted by Gasteiger charge is 2.38. The van der Waals surface area contributed by atoms with E-state index in [1.54, 1.807) is 6.26 Å². The van der Waals surface area contributed by atoms with E-state index in [2.05, 4.69) is 4.98 Å². The smallest absolute Gasteiger partial charge is 0.229 e. The monoisotopic (exact) mass is 318 g/mol. The van der Waals surface area contributed by atoms with Crippen LogP contribution in [0.3, 0.4) is 0 Å². The molecule has 116 valence electrons. The summed E-state index contributed by atoms with van der Waals surface area (Å²) >= 11 is 1.52. The van der Waals surface area contributed by atoms with Crippen molar-refractivity contribution in [2.75, 3.05) is 13.2 Å². The van der Waals surface area contributed by atoms with Gasteiger partial charge in [-0.25, -0.2) is 4.98 Å². The number of furan rings is 1. The van der Waals surface area contributed by atoms with Crippen LogP contribution in [0.5, 0.6) is 0 Å². The van der Waals surface area contributed by atoms with Crippen molar-refractivity contribution in [3.05, 3.63) is 29.5 Å². The molecule has 1 aliphatic heterocycles. The topological polar surface area (TPSA) is 55.6 Å². The Labute approximate surface area is 132 Å². The molecule has 2 aromatic rings. The van der Waals surface area contributed by atoms with Crippen LogP contribution in [0.4, 0.5) is 0 Å². The van der Waals surface area contributed by atoms with E-state index in [9.17, 15) is 4.79 Å². The van der Waals surface area contributed by atoms with E-state index >= 15 is 0 Å². The molecule has 22 heavy (non-hydrogen) atoms. The minimum atomic E-state index is 0.163. The summed E-state index contributed by atoms with van der Waals surface area (Å²) in [6, 6.07) is 4.00. The summed E-state index contributed by atoms with van der Waals surface area (Å²) in [5, 5.41) is 2.77. The molecule has 3 heterocycles. The van der Waals surface area contributed by atoms with Crippen molar-refractivity contribution in [3.63, 3.8) is 0 Å². The number of thiazole rings is 1. The first-order chi connectivity index (χ1) is 10.8. The first kappa shape index (κ1) is 14.0. The molecule has 1 saturated heterocycles. The summed E-state index contributed by atoms with van der Waals surface area (Å²) in [5.41, 5.74) is 0.822. The number of rotatable bonds is 3. The van der Waals surface area contributed by atoms with Crippen molar-refractivity contribution >= 4 is 17.2 Å². The minimum Gasteiger partial charge on any atom is -0.462 e. The lowest BCUT2D eigenvalue weighted by Gasteiger charge is -2.37. The number of hydrogen-bond acceptors (Lipinski definition) is 5. The second-order valence-electron chi connectivity index (χ2n) is 5.79. The van der Waals surface area contributed by atoms with E-state index in [1.807, 2.05) is 22.4 Å². The highest BCUT2D eigenvalue weighted by atomic mass is 32.1. The van der Waals surface area contributed by atoms with Crippen LogP contribution in [0.15, 0.2) is 28.2 Å². The quantitative estimate of drug-likeness (QED) is 0.873. The summed E-state index contributed by atoms with van der Waals surface area (Å²) in [7, 11) is 0. The van der Waals surface area contributed by atoms with Gasteiger partial charge in [0.05, 0.1) is 37.1 Å². The number of nitrogens with zero attached hydrogens (tertiary/aromatic N) is 2. The van der Waals surface area contributed by atoms with Crippen molar-refractivity contribution in [2.24, 2.45) is 0 Å². The summed E-state index contributed by atoms with van der Waals surface area (Å²) in [4.78, 5) is 19.1. The van der Waals surface area contributed by atoms with Crippen LogP contribution < -0.4 is 0 Å². The molecule has 0 N–H and O–H groups in total. The first-order valence-electron chi connectivity index (χ1n) is 7.70. The maximum absolute atomic E-state index is 12.6. The summed E-state index contributed by atoms with van der Waals surface area (Å²) in [6.45, 7) is 1.36. The van der Waals surface area contributed by atoms with Crippen LogP contribution in [0.1, 0.15) is 25.0 Å². The fourth-order valence-electron chi connectivity index (χ4n) is 3.39. The molecule has 0 radical (unpaired) electrons. The van der Waals surface area contributed by atoms with E-state index in [-0.39, 0.29) is 18.1 Å². The molecule has 2 aliphatic rings. The van der Waals surface area contributed by atoms with Crippen LogP contribution in [-0.2, 0) is 16.0 Å². The molecular formula is C16H18N2O3S. The Morgan fingerprint density at radius 1 is 1.45 bits per heavy atom. The molecule has 1 amide bonds. The number of amides is 1. The van der Waals surface area contributed by atoms with Crippen LogP contribution in [-0.4, -0.2) is 41.1 Å². The number of aromatic nitrogens is 1. The molecule has 2 unspecified atom stereocenters. The van der Waals surface area contributed by atoms with E-state index in [0.29, 0.717) is 19.6 Å². The van der Waals surface area contributed by atoms with E-state index in [1.165, 1.54) is 11.3 Å². The van der Waals surface area contributed by atoms with Gasteiger partial charge in [0.1, 0.15) is 0 Å². The normalized spacial score (nSPS) is 24.5. The highest BCUT2D eigenvalue weighted by molar-refractivity contribution is 7.13. The standard InChI is InChI=1S/C16H18N2O3S/c19-15(18-6-8-21-13-4-1-3-12(13)18)9-11-10-22-16(17-11)14-5-2-7-20-14/h2,5,7,10,12-13H,1,3-4,6,8-9H2. The molecule has 5 nitrogen and oxygen atoms in total. The average molecular weight is 318 g/mol. The van der Waals surface area contributed by atoms with Crippen LogP contribution in [0.2, 0.25) is 0 Å². The Balaban J connectivity index is 1.45. The minimum absolute atomic E-state index is 0.163. The maximum Gasteiger partial charge on any atom is 0.229 e. The predicted octanol–water partition coefficient (Wildman–Crippen LogP) is 2.73. The number of ether oxygens (including phenoxy) is 1. The number of fused-ring (bicyclic) bond motifs is 1. The van der Waals surface area contributed by atoms with Gasteiger partial charge >= 0.3 is 0 Å². The average Bonchev–Trinajstić information content (AvgIpc) is 3.27. The Kier molecular flexibility index (Phi) is 3.72. The van der Waals surface area contributed by atoms with Gasteiger partial charge in [0, 0.05) is 11.9 Å². The van der Waals surface area contributed by atoms with Crippen molar-refractivity contribution in [1.29, 1.82) is 0 Å². The van der Waals surface area contributed by atoms with Gasteiger partial charge in [0.25, 0.3) is 0 Å². The van der Waals surface area contributed by atoms with Gasteiger partial charge in [0.2, 0.25) is 5.91 Å². The van der Waals surface area contributed by atoms with Gasteiger partial charge in [-0.05, 0) is 31.4 Å².